The first-order chi connectivity index (χ1) is 9.74. The van der Waals surface area contributed by atoms with Crippen LogP contribution in [0.4, 0.5) is 5.13 Å². The number of nitrogens with zero attached hydrogens (tertiary/aromatic N) is 2. The lowest BCUT2D eigenvalue weighted by Crippen LogP contribution is -2.33. The molecular weight excluding hydrogens is 270 g/mol. The summed E-state index contributed by atoms with van der Waals surface area (Å²) in [5.74, 6) is 0. The van der Waals surface area contributed by atoms with Gasteiger partial charge < -0.3 is 15.0 Å². The van der Waals surface area contributed by atoms with E-state index in [1.54, 1.807) is 0 Å². The van der Waals surface area contributed by atoms with Crippen LogP contribution in [-0.4, -0.2) is 38.3 Å². The Bertz CT molecular complexity index is 378. The van der Waals surface area contributed by atoms with E-state index in [2.05, 4.69) is 24.2 Å². The summed E-state index contributed by atoms with van der Waals surface area (Å²) in [4.78, 5) is 8.47. The highest BCUT2D eigenvalue weighted by molar-refractivity contribution is 7.15. The standard InChI is InChI=1S/C15H27N3OS/c1-4-7-13-14(10-16-2)20-15(17-13)18(3)11-12-8-5-6-9-19-12/h12,16H,4-11H2,1-3H3. The lowest BCUT2D eigenvalue weighted by Gasteiger charge is -2.27. The van der Waals surface area contributed by atoms with Crippen molar-refractivity contribution in [2.75, 3.05) is 32.1 Å². The number of likely N-dealkylation sites (N-methyl/N-ethyl adjacent to an activating group) is 1. The molecule has 0 amide bonds. The first-order valence-electron chi connectivity index (χ1n) is 7.70. The Morgan fingerprint density at radius 1 is 1.45 bits per heavy atom. The number of nitrogens with one attached hydrogen (secondary N) is 1. The highest BCUT2D eigenvalue weighted by Gasteiger charge is 2.19. The predicted molar refractivity (Wildman–Crippen MR) is 85.7 cm³/mol. The summed E-state index contributed by atoms with van der Waals surface area (Å²) in [6.07, 6.45) is 6.28. The molecule has 0 radical (unpaired) electrons. The minimum absolute atomic E-state index is 0.375. The summed E-state index contributed by atoms with van der Waals surface area (Å²) in [6.45, 7) is 5.00. The summed E-state index contributed by atoms with van der Waals surface area (Å²) < 4.78 is 5.82. The molecule has 4 nitrogen and oxygen atoms in total. The lowest BCUT2D eigenvalue weighted by molar-refractivity contribution is 0.0216. The fourth-order valence-corrected chi connectivity index (χ4v) is 3.69. The zero-order chi connectivity index (χ0) is 14.4. The van der Waals surface area contributed by atoms with Gasteiger partial charge in [-0.1, -0.05) is 13.3 Å². The third-order valence-corrected chi connectivity index (χ3v) is 4.88. The van der Waals surface area contributed by atoms with Crippen molar-refractivity contribution in [3.63, 3.8) is 0 Å². The van der Waals surface area contributed by atoms with Crippen LogP contribution in [0.3, 0.4) is 0 Å². The first-order valence-corrected chi connectivity index (χ1v) is 8.52. The van der Waals surface area contributed by atoms with E-state index in [9.17, 15) is 0 Å². The average molecular weight is 297 g/mol. The van der Waals surface area contributed by atoms with Gasteiger partial charge in [-0.2, -0.15) is 0 Å². The molecule has 1 saturated heterocycles. The first kappa shape index (κ1) is 15.7. The van der Waals surface area contributed by atoms with Crippen LogP contribution in [0.2, 0.25) is 0 Å². The van der Waals surface area contributed by atoms with Crippen molar-refractivity contribution in [3.05, 3.63) is 10.6 Å². The Morgan fingerprint density at radius 3 is 2.95 bits per heavy atom. The van der Waals surface area contributed by atoms with Crippen molar-refractivity contribution in [3.8, 4) is 0 Å². The quantitative estimate of drug-likeness (QED) is 0.840. The fourth-order valence-electron chi connectivity index (χ4n) is 2.60. The van der Waals surface area contributed by atoms with Crippen LogP contribution in [0.1, 0.15) is 43.2 Å². The zero-order valence-corrected chi connectivity index (χ0v) is 13.8. The van der Waals surface area contributed by atoms with Gasteiger partial charge in [0.1, 0.15) is 0 Å². The molecule has 0 saturated carbocycles. The second-order valence-corrected chi connectivity index (χ2v) is 6.58. The molecule has 1 unspecified atom stereocenters. The Hall–Kier alpha value is -0.650. The third-order valence-electron chi connectivity index (χ3n) is 3.67. The minimum Gasteiger partial charge on any atom is -0.376 e. The van der Waals surface area contributed by atoms with Gasteiger partial charge in [-0.05, 0) is 32.7 Å². The molecule has 2 heterocycles. The molecule has 5 heteroatoms. The van der Waals surface area contributed by atoms with E-state index in [0.29, 0.717) is 6.10 Å². The topological polar surface area (TPSA) is 37.4 Å². The van der Waals surface area contributed by atoms with Crippen molar-refractivity contribution in [2.45, 2.75) is 51.7 Å². The summed E-state index contributed by atoms with van der Waals surface area (Å²) >= 11 is 1.82. The Morgan fingerprint density at radius 2 is 2.30 bits per heavy atom. The molecule has 1 aromatic heterocycles. The molecular formula is C15H27N3OS. The SMILES string of the molecule is CCCc1nc(N(C)CC2CCCCO2)sc1CNC. The van der Waals surface area contributed by atoms with Crippen LogP contribution in [0.25, 0.3) is 0 Å². The second-order valence-electron chi connectivity index (χ2n) is 5.52. The van der Waals surface area contributed by atoms with E-state index in [0.717, 1.165) is 37.7 Å². The molecule has 0 bridgehead atoms. The van der Waals surface area contributed by atoms with Crippen LogP contribution in [0.5, 0.6) is 0 Å². The van der Waals surface area contributed by atoms with Crippen molar-refractivity contribution >= 4 is 16.5 Å². The lowest BCUT2D eigenvalue weighted by atomic mass is 10.1. The number of hydrogen-bond donors (Lipinski definition) is 1. The minimum atomic E-state index is 0.375. The number of ether oxygens (including phenoxy) is 1. The molecule has 1 aliphatic heterocycles. The number of thiazole rings is 1. The molecule has 0 spiro atoms. The van der Waals surface area contributed by atoms with Gasteiger partial charge in [0.2, 0.25) is 0 Å². The van der Waals surface area contributed by atoms with Gasteiger partial charge in [0, 0.05) is 31.6 Å². The monoisotopic (exact) mass is 297 g/mol. The maximum absolute atomic E-state index is 5.82. The Kier molecular flexibility index (Phi) is 6.26. The molecule has 1 atom stereocenters. The van der Waals surface area contributed by atoms with Crippen LogP contribution in [0, 0.1) is 0 Å². The van der Waals surface area contributed by atoms with E-state index < -0.39 is 0 Å². The Balaban J connectivity index is 2.00. The van der Waals surface area contributed by atoms with E-state index in [4.69, 9.17) is 9.72 Å². The Labute approximate surface area is 126 Å². The number of aryl methyl sites for hydroxylation is 1. The number of rotatable bonds is 7. The molecule has 20 heavy (non-hydrogen) atoms. The van der Waals surface area contributed by atoms with E-state index in [-0.39, 0.29) is 0 Å². The van der Waals surface area contributed by atoms with Gasteiger partial charge in [0.15, 0.2) is 5.13 Å². The largest absolute Gasteiger partial charge is 0.376 e. The number of anilines is 1. The normalized spacial score (nSPS) is 19.2. The van der Waals surface area contributed by atoms with Gasteiger partial charge in [0.05, 0.1) is 11.8 Å². The van der Waals surface area contributed by atoms with Crippen molar-refractivity contribution in [1.29, 1.82) is 0 Å². The molecule has 1 aliphatic rings. The van der Waals surface area contributed by atoms with Gasteiger partial charge in [-0.25, -0.2) is 4.98 Å². The average Bonchev–Trinajstić information content (AvgIpc) is 2.84. The summed E-state index contributed by atoms with van der Waals surface area (Å²) in [6, 6.07) is 0. The molecule has 2 rings (SSSR count). The van der Waals surface area contributed by atoms with E-state index in [1.165, 1.54) is 29.8 Å². The smallest absolute Gasteiger partial charge is 0.185 e. The van der Waals surface area contributed by atoms with Gasteiger partial charge in [0.25, 0.3) is 0 Å². The van der Waals surface area contributed by atoms with Crippen LogP contribution < -0.4 is 10.2 Å². The molecule has 0 aliphatic carbocycles. The van der Waals surface area contributed by atoms with Crippen molar-refractivity contribution < 1.29 is 4.74 Å². The molecule has 1 N–H and O–H groups in total. The summed E-state index contributed by atoms with van der Waals surface area (Å²) in [5, 5.41) is 4.38. The summed E-state index contributed by atoms with van der Waals surface area (Å²) in [5.41, 5.74) is 1.26. The fraction of sp³-hybridized carbons (Fsp3) is 0.800. The highest BCUT2D eigenvalue weighted by atomic mass is 32.1. The van der Waals surface area contributed by atoms with E-state index >= 15 is 0 Å². The van der Waals surface area contributed by atoms with Crippen molar-refractivity contribution in [1.82, 2.24) is 10.3 Å². The second kappa shape index (κ2) is 7.96. The van der Waals surface area contributed by atoms with Crippen LogP contribution in [-0.2, 0) is 17.7 Å². The number of hydrogen-bond acceptors (Lipinski definition) is 5. The number of aromatic nitrogens is 1. The maximum Gasteiger partial charge on any atom is 0.185 e. The highest BCUT2D eigenvalue weighted by Crippen LogP contribution is 2.27. The van der Waals surface area contributed by atoms with Crippen molar-refractivity contribution in [2.24, 2.45) is 0 Å². The molecule has 1 aromatic rings. The van der Waals surface area contributed by atoms with E-state index in [1.807, 2.05) is 18.4 Å². The summed E-state index contributed by atoms with van der Waals surface area (Å²) in [7, 11) is 4.13. The third kappa shape index (κ3) is 4.17. The molecule has 0 aromatic carbocycles. The van der Waals surface area contributed by atoms with Gasteiger partial charge in [-0.3, -0.25) is 0 Å². The zero-order valence-electron chi connectivity index (χ0n) is 12.9. The predicted octanol–water partition coefficient (Wildman–Crippen LogP) is 2.82. The molecule has 1 fully saturated rings. The van der Waals surface area contributed by atoms with Crippen LogP contribution >= 0.6 is 11.3 Å². The van der Waals surface area contributed by atoms with Gasteiger partial charge >= 0.3 is 0 Å². The molecule has 114 valence electrons. The van der Waals surface area contributed by atoms with Gasteiger partial charge in [-0.15, -0.1) is 11.3 Å². The van der Waals surface area contributed by atoms with Crippen LogP contribution in [0.15, 0.2) is 0 Å². The maximum atomic E-state index is 5.82.